The Balaban J connectivity index is 1.90. The molecule has 1 aliphatic carbocycles. The molecule has 1 fully saturated rings. The van der Waals surface area contributed by atoms with E-state index in [9.17, 15) is 9.90 Å². The first-order chi connectivity index (χ1) is 9.70. The van der Waals surface area contributed by atoms with Crippen LogP contribution in [0.4, 0.5) is 0 Å². The van der Waals surface area contributed by atoms with Crippen LogP contribution in [-0.4, -0.2) is 27.6 Å². The number of aromatic amines is 1. The standard InChI is InChI=1S/C15H19N3O2/c16-8-13-14(19)11-6-7-18(9-12(11)15(20)17-13)10-4-2-1-3-5-10/h10,19H,1-7,9H2,(H,17,20). The van der Waals surface area contributed by atoms with E-state index in [1.54, 1.807) is 0 Å². The molecule has 2 N–H and O–H groups in total. The van der Waals surface area contributed by atoms with Gasteiger partial charge in [-0.15, -0.1) is 0 Å². The lowest BCUT2D eigenvalue weighted by Crippen LogP contribution is -2.42. The van der Waals surface area contributed by atoms with Gasteiger partial charge in [0.1, 0.15) is 6.07 Å². The number of hydrogen-bond donors (Lipinski definition) is 2. The monoisotopic (exact) mass is 273 g/mol. The van der Waals surface area contributed by atoms with Crippen molar-refractivity contribution in [2.75, 3.05) is 6.54 Å². The predicted molar refractivity (Wildman–Crippen MR) is 74.4 cm³/mol. The molecule has 2 heterocycles. The van der Waals surface area contributed by atoms with Crippen LogP contribution in [0.2, 0.25) is 0 Å². The minimum atomic E-state index is -0.227. The maximum atomic E-state index is 12.1. The van der Waals surface area contributed by atoms with Crippen LogP contribution in [-0.2, 0) is 13.0 Å². The van der Waals surface area contributed by atoms with Crippen molar-refractivity contribution in [2.24, 2.45) is 0 Å². The summed E-state index contributed by atoms with van der Waals surface area (Å²) in [5.74, 6) is -0.0367. The van der Waals surface area contributed by atoms with Crippen molar-refractivity contribution < 1.29 is 5.11 Å². The molecular formula is C15H19N3O2. The van der Waals surface area contributed by atoms with Crippen LogP contribution < -0.4 is 5.56 Å². The fourth-order valence-corrected chi connectivity index (χ4v) is 3.49. The zero-order valence-corrected chi connectivity index (χ0v) is 11.5. The predicted octanol–water partition coefficient (Wildman–Crippen LogP) is 1.64. The summed E-state index contributed by atoms with van der Waals surface area (Å²) in [6.07, 6.45) is 6.90. The molecule has 0 atom stereocenters. The maximum Gasteiger partial charge on any atom is 0.253 e. The van der Waals surface area contributed by atoms with E-state index in [-0.39, 0.29) is 17.0 Å². The van der Waals surface area contributed by atoms with Crippen LogP contribution in [0, 0.1) is 11.3 Å². The highest BCUT2D eigenvalue weighted by molar-refractivity contribution is 5.47. The van der Waals surface area contributed by atoms with E-state index < -0.39 is 0 Å². The fraction of sp³-hybridized carbons (Fsp3) is 0.600. The normalized spacial score (nSPS) is 20.4. The summed E-state index contributed by atoms with van der Waals surface area (Å²) in [7, 11) is 0. The average molecular weight is 273 g/mol. The van der Waals surface area contributed by atoms with Crippen LogP contribution in [0.15, 0.2) is 4.79 Å². The number of aromatic hydroxyl groups is 1. The van der Waals surface area contributed by atoms with Crippen molar-refractivity contribution in [3.8, 4) is 11.8 Å². The summed E-state index contributed by atoms with van der Waals surface area (Å²) in [6.45, 7) is 1.45. The van der Waals surface area contributed by atoms with E-state index in [1.165, 1.54) is 32.1 Å². The van der Waals surface area contributed by atoms with Gasteiger partial charge in [-0.1, -0.05) is 19.3 Å². The Labute approximate surface area is 117 Å². The Morgan fingerprint density at radius 1 is 1.25 bits per heavy atom. The first kappa shape index (κ1) is 13.2. The molecule has 1 aromatic rings. The third-order valence-electron chi connectivity index (χ3n) is 4.61. The van der Waals surface area contributed by atoms with Gasteiger partial charge in [-0.25, -0.2) is 0 Å². The first-order valence-electron chi connectivity index (χ1n) is 7.32. The number of aromatic nitrogens is 1. The second-order valence-electron chi connectivity index (χ2n) is 5.76. The Hall–Kier alpha value is -1.80. The highest BCUT2D eigenvalue weighted by atomic mass is 16.3. The van der Waals surface area contributed by atoms with Crippen molar-refractivity contribution in [3.05, 3.63) is 27.2 Å². The zero-order chi connectivity index (χ0) is 14.1. The number of H-pyrrole nitrogens is 1. The second-order valence-corrected chi connectivity index (χ2v) is 5.76. The van der Waals surface area contributed by atoms with Gasteiger partial charge in [0.2, 0.25) is 0 Å². The largest absolute Gasteiger partial charge is 0.505 e. The molecule has 1 saturated carbocycles. The second kappa shape index (κ2) is 5.29. The van der Waals surface area contributed by atoms with E-state index in [0.29, 0.717) is 30.1 Å². The Kier molecular flexibility index (Phi) is 3.49. The number of fused-ring (bicyclic) bond motifs is 1. The highest BCUT2D eigenvalue weighted by Crippen LogP contribution is 2.30. The molecule has 0 unspecified atom stereocenters. The van der Waals surface area contributed by atoms with Crippen LogP contribution >= 0.6 is 0 Å². The molecule has 5 nitrogen and oxygen atoms in total. The Bertz CT molecular complexity index is 609. The third kappa shape index (κ3) is 2.20. The fourth-order valence-electron chi connectivity index (χ4n) is 3.49. The Morgan fingerprint density at radius 2 is 2.00 bits per heavy atom. The van der Waals surface area contributed by atoms with Crippen LogP contribution in [0.25, 0.3) is 0 Å². The van der Waals surface area contributed by atoms with Crippen molar-refractivity contribution >= 4 is 0 Å². The number of nitriles is 1. The van der Waals surface area contributed by atoms with Gasteiger partial charge in [-0.3, -0.25) is 9.69 Å². The van der Waals surface area contributed by atoms with Gasteiger partial charge < -0.3 is 10.1 Å². The molecule has 0 amide bonds. The van der Waals surface area contributed by atoms with E-state index in [4.69, 9.17) is 5.26 Å². The van der Waals surface area contributed by atoms with Gasteiger partial charge >= 0.3 is 0 Å². The van der Waals surface area contributed by atoms with Gasteiger partial charge in [0.05, 0.1) is 0 Å². The number of hydrogen-bond acceptors (Lipinski definition) is 4. The Morgan fingerprint density at radius 3 is 2.70 bits per heavy atom. The van der Waals surface area contributed by atoms with Gasteiger partial charge in [0.25, 0.3) is 5.56 Å². The summed E-state index contributed by atoms with van der Waals surface area (Å²) in [5.41, 5.74) is 1.06. The molecule has 1 aliphatic heterocycles. The van der Waals surface area contributed by atoms with Crippen LogP contribution in [0.5, 0.6) is 5.75 Å². The molecule has 0 bridgehead atoms. The minimum absolute atomic E-state index is 0.0140. The maximum absolute atomic E-state index is 12.1. The van der Waals surface area contributed by atoms with Crippen molar-refractivity contribution in [3.63, 3.8) is 0 Å². The van der Waals surface area contributed by atoms with Crippen molar-refractivity contribution in [2.45, 2.75) is 51.1 Å². The zero-order valence-electron chi connectivity index (χ0n) is 11.5. The molecule has 106 valence electrons. The molecule has 0 radical (unpaired) electrons. The van der Waals surface area contributed by atoms with E-state index in [1.807, 2.05) is 6.07 Å². The molecule has 2 aliphatic rings. The molecule has 0 spiro atoms. The van der Waals surface area contributed by atoms with E-state index in [0.717, 1.165) is 6.54 Å². The minimum Gasteiger partial charge on any atom is -0.505 e. The molecule has 0 saturated heterocycles. The van der Waals surface area contributed by atoms with Crippen molar-refractivity contribution in [1.82, 2.24) is 9.88 Å². The van der Waals surface area contributed by atoms with Crippen LogP contribution in [0.1, 0.15) is 48.9 Å². The number of rotatable bonds is 1. The smallest absolute Gasteiger partial charge is 0.253 e. The van der Waals surface area contributed by atoms with Gasteiger partial charge in [-0.05, 0) is 19.3 Å². The summed E-state index contributed by atoms with van der Waals surface area (Å²) in [5, 5.41) is 19.0. The van der Waals surface area contributed by atoms with Gasteiger partial charge in [0.15, 0.2) is 11.4 Å². The molecule has 0 aromatic carbocycles. The SMILES string of the molecule is N#Cc1[nH]c(=O)c2c(c1O)CCN(C1CCCCC1)C2. The summed E-state index contributed by atoms with van der Waals surface area (Å²) < 4.78 is 0. The lowest BCUT2D eigenvalue weighted by atomic mass is 9.91. The lowest BCUT2D eigenvalue weighted by molar-refractivity contribution is 0.139. The first-order valence-corrected chi connectivity index (χ1v) is 7.32. The molecule has 3 rings (SSSR count). The number of nitrogens with zero attached hydrogens (tertiary/aromatic N) is 2. The quantitative estimate of drug-likeness (QED) is 0.815. The molecular weight excluding hydrogens is 254 g/mol. The van der Waals surface area contributed by atoms with Crippen molar-refractivity contribution in [1.29, 1.82) is 5.26 Å². The van der Waals surface area contributed by atoms with Gasteiger partial charge in [0, 0.05) is 30.3 Å². The summed E-state index contributed by atoms with van der Waals surface area (Å²) >= 11 is 0. The number of nitrogens with one attached hydrogen (secondary N) is 1. The lowest BCUT2D eigenvalue weighted by Gasteiger charge is -2.37. The molecule has 5 heteroatoms. The summed E-state index contributed by atoms with van der Waals surface area (Å²) in [6, 6.07) is 2.41. The third-order valence-corrected chi connectivity index (χ3v) is 4.61. The average Bonchev–Trinajstić information content (AvgIpc) is 2.51. The van der Waals surface area contributed by atoms with Gasteiger partial charge in [-0.2, -0.15) is 5.26 Å². The topological polar surface area (TPSA) is 80.1 Å². The molecule has 20 heavy (non-hydrogen) atoms. The van der Waals surface area contributed by atoms with E-state index in [2.05, 4.69) is 9.88 Å². The van der Waals surface area contributed by atoms with Crippen LogP contribution in [0.3, 0.4) is 0 Å². The molecule has 1 aromatic heterocycles. The number of pyridine rings is 1. The highest BCUT2D eigenvalue weighted by Gasteiger charge is 2.28. The van der Waals surface area contributed by atoms with E-state index >= 15 is 0 Å². The summed E-state index contributed by atoms with van der Waals surface area (Å²) in [4.78, 5) is 16.9.